The zero-order chi connectivity index (χ0) is 11.9. The number of rotatable bonds is 5. The van der Waals surface area contributed by atoms with E-state index < -0.39 is 0 Å². The molecule has 0 spiro atoms. The zero-order valence-corrected chi connectivity index (χ0v) is 10.1. The fourth-order valence-corrected chi connectivity index (χ4v) is 2.22. The molecule has 2 N–H and O–H groups in total. The Morgan fingerprint density at radius 2 is 2.18 bits per heavy atom. The van der Waals surface area contributed by atoms with Crippen molar-refractivity contribution in [2.75, 3.05) is 13.1 Å². The minimum atomic E-state index is 0.167. The Balaban J connectivity index is 1.63. The molecule has 92 valence electrons. The predicted octanol–water partition coefficient (Wildman–Crippen LogP) is 1.49. The third-order valence-electron chi connectivity index (χ3n) is 3.17. The molecule has 0 saturated carbocycles. The summed E-state index contributed by atoms with van der Waals surface area (Å²) in [4.78, 5) is 11.6. The van der Waals surface area contributed by atoms with Crippen LogP contribution in [0.2, 0.25) is 0 Å². The molecule has 17 heavy (non-hydrogen) atoms. The lowest BCUT2D eigenvalue weighted by Gasteiger charge is -2.10. The smallest absolute Gasteiger partial charge is 0.221 e. The Morgan fingerprint density at radius 3 is 2.88 bits per heavy atom. The molecule has 1 heterocycles. The molecule has 0 aliphatic carbocycles. The number of carbonyl (C=O) groups excluding carboxylic acids is 1. The number of carbonyl (C=O) groups is 1. The van der Waals surface area contributed by atoms with Gasteiger partial charge in [-0.15, -0.1) is 0 Å². The van der Waals surface area contributed by atoms with Gasteiger partial charge in [0.05, 0.1) is 0 Å². The molecule has 1 aliphatic heterocycles. The van der Waals surface area contributed by atoms with Crippen molar-refractivity contribution >= 4 is 5.91 Å². The maximum atomic E-state index is 11.6. The van der Waals surface area contributed by atoms with E-state index in [4.69, 9.17) is 0 Å². The summed E-state index contributed by atoms with van der Waals surface area (Å²) in [5.41, 5.74) is 1.27. The Bertz CT molecular complexity index is 344. The summed E-state index contributed by atoms with van der Waals surface area (Å²) in [6.07, 6.45) is 3.85. The van der Waals surface area contributed by atoms with E-state index in [0.717, 1.165) is 25.9 Å². The highest BCUT2D eigenvalue weighted by molar-refractivity contribution is 5.76. The molecular weight excluding hydrogens is 212 g/mol. The van der Waals surface area contributed by atoms with Gasteiger partial charge >= 0.3 is 0 Å². The van der Waals surface area contributed by atoms with Crippen molar-refractivity contribution in [2.24, 2.45) is 0 Å². The molecule has 0 bridgehead atoms. The number of amides is 1. The Hall–Kier alpha value is -1.35. The first-order valence-electron chi connectivity index (χ1n) is 6.38. The first kappa shape index (κ1) is 12.1. The van der Waals surface area contributed by atoms with Gasteiger partial charge in [-0.05, 0) is 31.4 Å². The number of hydrogen-bond acceptors (Lipinski definition) is 2. The Kier molecular flexibility index (Phi) is 4.56. The maximum Gasteiger partial charge on any atom is 0.221 e. The van der Waals surface area contributed by atoms with Crippen molar-refractivity contribution in [3.8, 4) is 0 Å². The second-order valence-electron chi connectivity index (χ2n) is 4.58. The van der Waals surface area contributed by atoms with Crippen LogP contribution in [0.4, 0.5) is 0 Å². The molecule has 2 rings (SSSR count). The van der Waals surface area contributed by atoms with Crippen LogP contribution in [0, 0.1) is 0 Å². The van der Waals surface area contributed by atoms with Crippen molar-refractivity contribution in [1.82, 2.24) is 10.6 Å². The summed E-state index contributed by atoms with van der Waals surface area (Å²) < 4.78 is 0. The number of benzene rings is 1. The van der Waals surface area contributed by atoms with Gasteiger partial charge in [-0.25, -0.2) is 0 Å². The van der Waals surface area contributed by atoms with Crippen LogP contribution in [0.3, 0.4) is 0 Å². The summed E-state index contributed by atoms with van der Waals surface area (Å²) in [6.45, 7) is 1.79. The van der Waals surface area contributed by atoms with Gasteiger partial charge in [-0.3, -0.25) is 4.79 Å². The summed E-state index contributed by atoms with van der Waals surface area (Å²) in [6, 6.07) is 10.6. The van der Waals surface area contributed by atoms with Crippen LogP contribution in [-0.2, 0) is 11.2 Å². The first-order valence-corrected chi connectivity index (χ1v) is 6.38. The fourth-order valence-electron chi connectivity index (χ4n) is 2.22. The van der Waals surface area contributed by atoms with Crippen molar-refractivity contribution in [2.45, 2.75) is 31.7 Å². The van der Waals surface area contributed by atoms with Crippen molar-refractivity contribution in [3.63, 3.8) is 0 Å². The van der Waals surface area contributed by atoms with Crippen LogP contribution in [0.15, 0.2) is 30.3 Å². The van der Waals surface area contributed by atoms with E-state index in [9.17, 15) is 4.79 Å². The third kappa shape index (κ3) is 4.19. The van der Waals surface area contributed by atoms with Crippen LogP contribution in [0.1, 0.15) is 24.8 Å². The lowest BCUT2D eigenvalue weighted by Crippen LogP contribution is -2.32. The van der Waals surface area contributed by atoms with Gasteiger partial charge in [0.15, 0.2) is 0 Å². The second-order valence-corrected chi connectivity index (χ2v) is 4.58. The maximum absolute atomic E-state index is 11.6. The van der Waals surface area contributed by atoms with E-state index >= 15 is 0 Å². The van der Waals surface area contributed by atoms with E-state index in [2.05, 4.69) is 22.8 Å². The van der Waals surface area contributed by atoms with Gasteiger partial charge in [0.2, 0.25) is 5.91 Å². The second kappa shape index (κ2) is 6.40. The van der Waals surface area contributed by atoms with Gasteiger partial charge in [0.1, 0.15) is 0 Å². The SMILES string of the molecule is O=C(CC1CCCN1)NCCc1ccccc1. The molecule has 0 aromatic heterocycles. The highest BCUT2D eigenvalue weighted by atomic mass is 16.1. The molecule has 0 radical (unpaired) electrons. The van der Waals surface area contributed by atoms with Gasteiger partial charge in [0.25, 0.3) is 0 Å². The molecule has 1 aliphatic rings. The van der Waals surface area contributed by atoms with Crippen molar-refractivity contribution < 1.29 is 4.79 Å². The quantitative estimate of drug-likeness (QED) is 0.807. The number of nitrogens with one attached hydrogen (secondary N) is 2. The lowest BCUT2D eigenvalue weighted by molar-refractivity contribution is -0.121. The van der Waals surface area contributed by atoms with Crippen molar-refractivity contribution in [3.05, 3.63) is 35.9 Å². The minimum Gasteiger partial charge on any atom is -0.356 e. The van der Waals surface area contributed by atoms with E-state index in [1.165, 1.54) is 12.0 Å². The lowest BCUT2D eigenvalue weighted by atomic mass is 10.1. The van der Waals surface area contributed by atoms with Crippen LogP contribution < -0.4 is 10.6 Å². The van der Waals surface area contributed by atoms with Crippen LogP contribution in [0.5, 0.6) is 0 Å². The van der Waals surface area contributed by atoms with E-state index in [1.54, 1.807) is 0 Å². The summed E-state index contributed by atoms with van der Waals surface area (Å²) in [5, 5.41) is 6.31. The first-order chi connectivity index (χ1) is 8.34. The fraction of sp³-hybridized carbons (Fsp3) is 0.500. The molecule has 1 aromatic rings. The minimum absolute atomic E-state index is 0.167. The summed E-state index contributed by atoms with van der Waals surface area (Å²) >= 11 is 0. The molecule has 3 heteroatoms. The average Bonchev–Trinajstić information content (AvgIpc) is 2.83. The Morgan fingerprint density at radius 1 is 1.35 bits per heavy atom. The summed E-state index contributed by atoms with van der Waals surface area (Å²) in [5.74, 6) is 0.167. The van der Waals surface area contributed by atoms with E-state index in [1.807, 2.05) is 18.2 Å². The van der Waals surface area contributed by atoms with Crippen molar-refractivity contribution in [1.29, 1.82) is 0 Å². The Labute approximate surface area is 103 Å². The van der Waals surface area contributed by atoms with Crippen LogP contribution in [-0.4, -0.2) is 25.0 Å². The van der Waals surface area contributed by atoms with Gasteiger partial charge in [-0.1, -0.05) is 30.3 Å². The third-order valence-corrected chi connectivity index (χ3v) is 3.17. The molecule has 1 fully saturated rings. The van der Waals surface area contributed by atoms with E-state index in [-0.39, 0.29) is 5.91 Å². The van der Waals surface area contributed by atoms with Gasteiger partial charge in [-0.2, -0.15) is 0 Å². The molecule has 1 saturated heterocycles. The van der Waals surface area contributed by atoms with Crippen LogP contribution >= 0.6 is 0 Å². The predicted molar refractivity (Wildman–Crippen MR) is 68.8 cm³/mol. The standard InChI is InChI=1S/C14H20N2O/c17-14(11-13-7-4-9-15-13)16-10-8-12-5-2-1-3-6-12/h1-3,5-6,13,15H,4,7-11H2,(H,16,17). The zero-order valence-electron chi connectivity index (χ0n) is 10.1. The highest BCUT2D eigenvalue weighted by Gasteiger charge is 2.16. The normalized spacial score (nSPS) is 19.2. The van der Waals surface area contributed by atoms with Gasteiger partial charge < -0.3 is 10.6 Å². The van der Waals surface area contributed by atoms with Crippen LogP contribution in [0.25, 0.3) is 0 Å². The molecule has 1 aromatic carbocycles. The number of hydrogen-bond donors (Lipinski definition) is 2. The largest absolute Gasteiger partial charge is 0.356 e. The molecular formula is C14H20N2O. The molecule has 1 atom stereocenters. The molecule has 3 nitrogen and oxygen atoms in total. The molecule has 1 unspecified atom stereocenters. The highest BCUT2D eigenvalue weighted by Crippen LogP contribution is 2.08. The monoisotopic (exact) mass is 232 g/mol. The summed E-state index contributed by atoms with van der Waals surface area (Å²) in [7, 11) is 0. The topological polar surface area (TPSA) is 41.1 Å². The van der Waals surface area contributed by atoms with Gasteiger partial charge in [0, 0.05) is 19.0 Å². The average molecular weight is 232 g/mol. The van der Waals surface area contributed by atoms with E-state index in [0.29, 0.717) is 12.5 Å². The molecule has 1 amide bonds.